The molecule has 1 aromatic rings. The predicted molar refractivity (Wildman–Crippen MR) is 93.1 cm³/mol. The molecule has 0 bridgehead atoms. The molecule has 23 heavy (non-hydrogen) atoms. The van der Waals surface area contributed by atoms with E-state index in [4.69, 9.17) is 0 Å². The summed E-state index contributed by atoms with van der Waals surface area (Å²) in [5.41, 5.74) is 3.38. The van der Waals surface area contributed by atoms with Gasteiger partial charge in [-0.2, -0.15) is 0 Å². The van der Waals surface area contributed by atoms with Crippen LogP contribution < -0.4 is 5.32 Å². The van der Waals surface area contributed by atoms with Gasteiger partial charge < -0.3 is 10.3 Å². The van der Waals surface area contributed by atoms with Gasteiger partial charge >= 0.3 is 0 Å². The van der Waals surface area contributed by atoms with Crippen molar-refractivity contribution in [1.82, 2.24) is 20.2 Å². The minimum absolute atomic E-state index is 0.0258. The van der Waals surface area contributed by atoms with E-state index < -0.39 is 0 Å². The number of nitrogens with one attached hydrogen (secondary N) is 2. The maximum Gasteiger partial charge on any atom is 0.243 e. The van der Waals surface area contributed by atoms with E-state index in [9.17, 15) is 4.79 Å². The van der Waals surface area contributed by atoms with Gasteiger partial charge in [-0.05, 0) is 46.1 Å². The maximum absolute atomic E-state index is 11.7. The van der Waals surface area contributed by atoms with Crippen LogP contribution in [0.5, 0.6) is 0 Å². The van der Waals surface area contributed by atoms with Gasteiger partial charge in [-0.25, -0.2) is 4.98 Å². The summed E-state index contributed by atoms with van der Waals surface area (Å²) in [4.78, 5) is 22.2. The number of hydrogen-bond acceptors (Lipinski definition) is 3. The number of H-pyrrole nitrogens is 1. The zero-order chi connectivity index (χ0) is 16.8. The van der Waals surface area contributed by atoms with Gasteiger partial charge in [0.1, 0.15) is 5.82 Å². The topological polar surface area (TPSA) is 61.0 Å². The second-order valence-electron chi connectivity index (χ2n) is 6.82. The first-order chi connectivity index (χ1) is 11.0. The smallest absolute Gasteiger partial charge is 0.243 e. The number of amides is 1. The number of nitrogens with zero attached hydrogens (tertiary/aromatic N) is 2. The van der Waals surface area contributed by atoms with Crippen molar-refractivity contribution in [3.8, 4) is 0 Å². The first-order valence-electron chi connectivity index (χ1n) is 8.67. The molecule has 1 fully saturated rings. The Morgan fingerprint density at radius 3 is 2.91 bits per heavy atom. The molecule has 0 spiro atoms. The molecule has 1 atom stereocenters. The zero-order valence-electron chi connectivity index (χ0n) is 14.9. The number of rotatable bonds is 6. The normalized spacial score (nSPS) is 18.7. The molecule has 5 heteroatoms. The van der Waals surface area contributed by atoms with Crippen molar-refractivity contribution in [1.29, 1.82) is 0 Å². The number of carbonyl (C=O) groups excluding carboxylic acids is 1. The number of aromatic amines is 1. The third-order valence-corrected chi connectivity index (χ3v) is 4.33. The highest BCUT2D eigenvalue weighted by Gasteiger charge is 2.21. The Labute approximate surface area is 139 Å². The molecule has 0 aliphatic carbocycles. The lowest BCUT2D eigenvalue weighted by atomic mass is 9.97. The van der Waals surface area contributed by atoms with Gasteiger partial charge in [-0.1, -0.05) is 12.5 Å². The van der Waals surface area contributed by atoms with Crippen LogP contribution >= 0.6 is 0 Å². The number of likely N-dealkylation sites (tertiary alicyclic amines) is 1. The fraction of sp³-hybridized carbons (Fsp3) is 0.667. The van der Waals surface area contributed by atoms with Crippen LogP contribution in [-0.2, 0) is 17.8 Å². The Kier molecular flexibility index (Phi) is 6.39. The fourth-order valence-electron chi connectivity index (χ4n) is 3.12. The Balaban J connectivity index is 1.84. The van der Waals surface area contributed by atoms with Crippen LogP contribution in [0.4, 0.5) is 0 Å². The maximum atomic E-state index is 11.7. The molecule has 1 aliphatic heterocycles. The number of piperidine rings is 1. The molecule has 1 amide bonds. The van der Waals surface area contributed by atoms with Crippen molar-refractivity contribution in [2.24, 2.45) is 5.92 Å². The lowest BCUT2D eigenvalue weighted by Crippen LogP contribution is -2.40. The Morgan fingerprint density at radius 1 is 1.48 bits per heavy atom. The third kappa shape index (κ3) is 5.50. The average molecular weight is 318 g/mol. The molecule has 1 aromatic heterocycles. The predicted octanol–water partition coefficient (Wildman–Crippen LogP) is 2.57. The van der Waals surface area contributed by atoms with Crippen molar-refractivity contribution >= 4 is 5.91 Å². The summed E-state index contributed by atoms with van der Waals surface area (Å²) in [5, 5.41) is 3.03. The van der Waals surface area contributed by atoms with Crippen molar-refractivity contribution in [2.75, 3.05) is 19.6 Å². The van der Waals surface area contributed by atoms with E-state index in [1.165, 1.54) is 18.5 Å². The molecule has 0 aromatic carbocycles. The fourth-order valence-corrected chi connectivity index (χ4v) is 3.12. The van der Waals surface area contributed by atoms with E-state index in [2.05, 4.69) is 34.0 Å². The largest absolute Gasteiger partial charge is 0.352 e. The van der Waals surface area contributed by atoms with Gasteiger partial charge in [0.15, 0.2) is 0 Å². The minimum atomic E-state index is 0.0258. The van der Waals surface area contributed by atoms with Crippen molar-refractivity contribution in [3.05, 3.63) is 28.9 Å². The van der Waals surface area contributed by atoms with Crippen LogP contribution in [0.1, 0.15) is 50.8 Å². The van der Waals surface area contributed by atoms with Gasteiger partial charge in [0.2, 0.25) is 5.91 Å². The molecule has 128 valence electrons. The summed E-state index contributed by atoms with van der Waals surface area (Å²) in [6.45, 7) is 11.9. The van der Waals surface area contributed by atoms with Crippen LogP contribution in [0, 0.1) is 12.8 Å². The molecule has 2 heterocycles. The van der Waals surface area contributed by atoms with Crippen LogP contribution in [0.3, 0.4) is 0 Å². The first-order valence-corrected chi connectivity index (χ1v) is 8.67. The van der Waals surface area contributed by atoms with Crippen LogP contribution in [-0.4, -0.2) is 40.4 Å². The zero-order valence-corrected chi connectivity index (χ0v) is 14.9. The Morgan fingerprint density at radius 2 is 2.26 bits per heavy atom. The van der Waals surface area contributed by atoms with Gasteiger partial charge in [0.05, 0.1) is 5.69 Å². The van der Waals surface area contributed by atoms with Crippen molar-refractivity contribution in [2.45, 2.75) is 53.5 Å². The summed E-state index contributed by atoms with van der Waals surface area (Å²) in [5.74, 6) is 1.63. The van der Waals surface area contributed by atoms with E-state index in [0.29, 0.717) is 5.92 Å². The van der Waals surface area contributed by atoms with E-state index in [-0.39, 0.29) is 5.91 Å². The minimum Gasteiger partial charge on any atom is -0.352 e. The second kappa shape index (κ2) is 8.29. The highest BCUT2D eigenvalue weighted by atomic mass is 16.1. The van der Waals surface area contributed by atoms with E-state index in [1.807, 2.05) is 13.8 Å². The van der Waals surface area contributed by atoms with Crippen LogP contribution in [0.15, 0.2) is 11.6 Å². The molecule has 1 aliphatic rings. The molecule has 2 N–H and O–H groups in total. The highest BCUT2D eigenvalue weighted by Crippen LogP contribution is 2.19. The van der Waals surface area contributed by atoms with Crippen LogP contribution in [0.25, 0.3) is 0 Å². The van der Waals surface area contributed by atoms with Crippen molar-refractivity contribution < 1.29 is 4.79 Å². The number of aromatic nitrogens is 2. The third-order valence-electron chi connectivity index (χ3n) is 4.33. The van der Waals surface area contributed by atoms with Crippen LogP contribution in [0.2, 0.25) is 0 Å². The van der Waals surface area contributed by atoms with E-state index in [1.54, 1.807) is 6.08 Å². The number of carbonyl (C=O) groups is 1. The molecule has 0 unspecified atom stereocenters. The number of aryl methyl sites for hydroxylation is 2. The monoisotopic (exact) mass is 318 g/mol. The number of hydrogen-bond donors (Lipinski definition) is 2. The van der Waals surface area contributed by atoms with Gasteiger partial charge in [-0.15, -0.1) is 0 Å². The van der Waals surface area contributed by atoms with Gasteiger partial charge in [0, 0.05) is 37.8 Å². The molecule has 0 saturated carbocycles. The van der Waals surface area contributed by atoms with E-state index in [0.717, 1.165) is 49.7 Å². The number of allylic oxidation sites excluding steroid dienone is 1. The molecule has 5 nitrogen and oxygen atoms in total. The van der Waals surface area contributed by atoms with Crippen molar-refractivity contribution in [3.63, 3.8) is 0 Å². The summed E-state index contributed by atoms with van der Waals surface area (Å²) in [6, 6.07) is 0. The first kappa shape index (κ1) is 17.7. The average Bonchev–Trinajstić information content (AvgIpc) is 2.85. The standard InChI is InChI=1S/C18H30N4O/c1-5-17-20-14(4)16(21-17)12-22-8-6-7-15(11-22)10-19-18(23)9-13(2)3/h9,15H,5-8,10-12H2,1-4H3,(H,19,23)(H,20,21)/t15-/m1/s1. The second-order valence-corrected chi connectivity index (χ2v) is 6.82. The summed E-state index contributed by atoms with van der Waals surface area (Å²) in [6.07, 6.45) is 4.98. The molecular weight excluding hydrogens is 288 g/mol. The Bertz CT molecular complexity index is 557. The SMILES string of the molecule is CCc1nc(CN2CCC[C@H](CNC(=O)C=C(C)C)C2)c(C)[nH]1. The molecule has 0 radical (unpaired) electrons. The quantitative estimate of drug-likeness (QED) is 0.793. The summed E-state index contributed by atoms with van der Waals surface area (Å²) in [7, 11) is 0. The molecular formula is C18H30N4O. The lowest BCUT2D eigenvalue weighted by molar-refractivity contribution is -0.116. The van der Waals surface area contributed by atoms with Gasteiger partial charge in [-0.3, -0.25) is 9.69 Å². The summed E-state index contributed by atoms with van der Waals surface area (Å²) >= 11 is 0. The molecule has 2 rings (SSSR count). The summed E-state index contributed by atoms with van der Waals surface area (Å²) < 4.78 is 0. The Hall–Kier alpha value is -1.62. The van der Waals surface area contributed by atoms with Gasteiger partial charge in [0.25, 0.3) is 0 Å². The number of imidazole rings is 1. The highest BCUT2D eigenvalue weighted by molar-refractivity contribution is 5.87. The lowest BCUT2D eigenvalue weighted by Gasteiger charge is -2.32. The molecule has 1 saturated heterocycles. The van der Waals surface area contributed by atoms with E-state index >= 15 is 0 Å².